The summed E-state index contributed by atoms with van der Waals surface area (Å²) in [5, 5.41) is 0.121. The van der Waals surface area contributed by atoms with Crippen LogP contribution >= 0.6 is 11.6 Å². The molecule has 0 bridgehead atoms. The summed E-state index contributed by atoms with van der Waals surface area (Å²) in [6, 6.07) is 2.00. The molecule has 0 aliphatic heterocycles. The highest BCUT2D eigenvalue weighted by Gasteiger charge is 2.31. The van der Waals surface area contributed by atoms with Gasteiger partial charge >= 0.3 is 6.18 Å². The van der Waals surface area contributed by atoms with Gasteiger partial charge in [0.1, 0.15) is 5.82 Å². The second-order valence-electron chi connectivity index (χ2n) is 3.09. The van der Waals surface area contributed by atoms with Crippen molar-refractivity contribution < 1.29 is 17.6 Å². The molecule has 0 aliphatic rings. The van der Waals surface area contributed by atoms with E-state index < -0.39 is 24.5 Å². The van der Waals surface area contributed by atoms with Gasteiger partial charge in [0, 0.05) is 16.6 Å². The van der Waals surface area contributed by atoms with Gasteiger partial charge in [-0.25, -0.2) is 4.39 Å². The largest absolute Gasteiger partial charge is 0.390 e. The first-order valence-corrected chi connectivity index (χ1v) is 4.44. The molecule has 0 amide bonds. The van der Waals surface area contributed by atoms with E-state index in [0.29, 0.717) is 0 Å². The van der Waals surface area contributed by atoms with Crippen LogP contribution in [-0.2, 0) is 0 Å². The minimum atomic E-state index is -4.41. The van der Waals surface area contributed by atoms with Crippen LogP contribution in [0.4, 0.5) is 17.6 Å². The third kappa shape index (κ3) is 3.68. The molecule has 0 saturated carbocycles. The summed E-state index contributed by atoms with van der Waals surface area (Å²) in [7, 11) is 0. The Bertz CT molecular complexity index is 350. The molecule has 0 aliphatic carbocycles. The lowest BCUT2D eigenvalue weighted by atomic mass is 10.0. The number of nitrogens with two attached hydrogens (primary N) is 1. The van der Waals surface area contributed by atoms with Gasteiger partial charge in [-0.05, 0) is 12.1 Å². The first kappa shape index (κ1) is 12.3. The van der Waals surface area contributed by atoms with Crippen LogP contribution in [0.3, 0.4) is 0 Å². The molecule has 0 aromatic heterocycles. The fourth-order valence-electron chi connectivity index (χ4n) is 1.16. The molecule has 0 unspecified atom stereocenters. The molecule has 2 N–H and O–H groups in total. The molecule has 1 atom stereocenters. The molecule has 0 radical (unpaired) electrons. The summed E-state index contributed by atoms with van der Waals surface area (Å²) in [5.74, 6) is -0.820. The van der Waals surface area contributed by atoms with Gasteiger partial charge in [0.25, 0.3) is 0 Å². The SMILES string of the molecule is N[C@@H](CC(F)(F)F)c1ccc(Cl)cc1F. The van der Waals surface area contributed by atoms with Crippen LogP contribution in [0.5, 0.6) is 0 Å². The smallest absolute Gasteiger partial charge is 0.324 e. The topological polar surface area (TPSA) is 26.0 Å². The van der Waals surface area contributed by atoms with Crippen LogP contribution in [-0.4, -0.2) is 6.18 Å². The minimum absolute atomic E-state index is 0.121. The quantitative estimate of drug-likeness (QED) is 0.789. The van der Waals surface area contributed by atoms with Gasteiger partial charge < -0.3 is 5.73 Å². The van der Waals surface area contributed by atoms with Gasteiger partial charge in [-0.15, -0.1) is 0 Å². The maximum Gasteiger partial charge on any atom is 0.390 e. The van der Waals surface area contributed by atoms with Crippen LogP contribution in [0, 0.1) is 5.82 Å². The van der Waals surface area contributed by atoms with Crippen molar-refractivity contribution in [1.29, 1.82) is 0 Å². The Hall–Kier alpha value is -0.810. The number of hydrogen-bond acceptors (Lipinski definition) is 1. The van der Waals surface area contributed by atoms with E-state index in [2.05, 4.69) is 0 Å². The number of halogens is 5. The molecule has 15 heavy (non-hydrogen) atoms. The fraction of sp³-hybridized carbons (Fsp3) is 0.333. The van der Waals surface area contributed by atoms with Gasteiger partial charge in [-0.1, -0.05) is 17.7 Å². The third-order valence-electron chi connectivity index (χ3n) is 1.81. The van der Waals surface area contributed by atoms with Crippen LogP contribution in [0.2, 0.25) is 5.02 Å². The molecule has 0 spiro atoms. The average Bonchev–Trinajstić information content (AvgIpc) is 1.99. The average molecular weight is 242 g/mol. The summed E-state index contributed by atoms with van der Waals surface area (Å²) in [4.78, 5) is 0. The summed E-state index contributed by atoms with van der Waals surface area (Å²) < 4.78 is 49.1. The summed E-state index contributed by atoms with van der Waals surface area (Å²) in [5.41, 5.74) is 5.05. The van der Waals surface area contributed by atoms with Crippen LogP contribution in [0.25, 0.3) is 0 Å². The molecule has 0 heterocycles. The van der Waals surface area contributed by atoms with Crippen LogP contribution in [0.1, 0.15) is 18.0 Å². The molecule has 1 aromatic rings. The maximum absolute atomic E-state index is 13.1. The van der Waals surface area contributed by atoms with E-state index in [4.69, 9.17) is 17.3 Å². The highest BCUT2D eigenvalue weighted by atomic mass is 35.5. The van der Waals surface area contributed by atoms with Crippen molar-refractivity contribution in [3.63, 3.8) is 0 Å². The van der Waals surface area contributed by atoms with Crippen molar-refractivity contribution in [2.24, 2.45) is 5.73 Å². The predicted molar refractivity (Wildman–Crippen MR) is 49.0 cm³/mol. The zero-order chi connectivity index (χ0) is 11.6. The predicted octanol–water partition coefficient (Wildman–Crippen LogP) is 3.43. The van der Waals surface area contributed by atoms with Crippen molar-refractivity contribution in [3.05, 3.63) is 34.6 Å². The molecule has 1 nitrogen and oxygen atoms in total. The molecule has 84 valence electrons. The fourth-order valence-corrected chi connectivity index (χ4v) is 1.32. The van der Waals surface area contributed by atoms with Crippen LogP contribution in [0.15, 0.2) is 18.2 Å². The number of benzene rings is 1. The van der Waals surface area contributed by atoms with Gasteiger partial charge in [0.05, 0.1) is 6.42 Å². The number of rotatable bonds is 2. The highest BCUT2D eigenvalue weighted by Crippen LogP contribution is 2.29. The van der Waals surface area contributed by atoms with Gasteiger partial charge in [0.2, 0.25) is 0 Å². The lowest BCUT2D eigenvalue weighted by molar-refractivity contribution is -0.138. The van der Waals surface area contributed by atoms with Crippen molar-refractivity contribution in [3.8, 4) is 0 Å². The van der Waals surface area contributed by atoms with Crippen molar-refractivity contribution >= 4 is 11.6 Å². The van der Waals surface area contributed by atoms with Crippen molar-refractivity contribution in [1.82, 2.24) is 0 Å². The lowest BCUT2D eigenvalue weighted by Crippen LogP contribution is -2.21. The van der Waals surface area contributed by atoms with E-state index in [1.54, 1.807) is 0 Å². The molecule has 0 saturated heterocycles. The molecule has 1 aromatic carbocycles. The van der Waals surface area contributed by atoms with Gasteiger partial charge in [0.15, 0.2) is 0 Å². The van der Waals surface area contributed by atoms with Crippen molar-refractivity contribution in [2.45, 2.75) is 18.6 Å². The van der Waals surface area contributed by atoms with Crippen LogP contribution < -0.4 is 5.73 Å². The molecular formula is C9H8ClF4N. The maximum atomic E-state index is 13.1. The Morgan fingerprint density at radius 2 is 1.93 bits per heavy atom. The molecule has 0 fully saturated rings. The number of alkyl halides is 3. The summed E-state index contributed by atoms with van der Waals surface area (Å²) in [6.07, 6.45) is -5.67. The number of hydrogen-bond donors (Lipinski definition) is 1. The Morgan fingerprint density at radius 1 is 1.33 bits per heavy atom. The van der Waals surface area contributed by atoms with E-state index >= 15 is 0 Å². The summed E-state index contributed by atoms with van der Waals surface area (Å²) >= 11 is 5.45. The summed E-state index contributed by atoms with van der Waals surface area (Å²) in [6.45, 7) is 0. The molecular weight excluding hydrogens is 234 g/mol. The zero-order valence-corrected chi connectivity index (χ0v) is 8.24. The van der Waals surface area contributed by atoms with E-state index in [-0.39, 0.29) is 10.6 Å². The van der Waals surface area contributed by atoms with Crippen molar-refractivity contribution in [2.75, 3.05) is 0 Å². The lowest BCUT2D eigenvalue weighted by Gasteiger charge is -2.15. The van der Waals surface area contributed by atoms with E-state index in [0.717, 1.165) is 12.1 Å². The first-order valence-electron chi connectivity index (χ1n) is 4.07. The van der Waals surface area contributed by atoms with E-state index in [1.165, 1.54) is 6.07 Å². The van der Waals surface area contributed by atoms with E-state index in [1.807, 2.05) is 0 Å². The second-order valence-corrected chi connectivity index (χ2v) is 3.53. The Morgan fingerprint density at radius 3 is 2.40 bits per heavy atom. The molecule has 1 rings (SSSR count). The Kier molecular flexibility index (Phi) is 3.57. The Balaban J connectivity index is 2.87. The minimum Gasteiger partial charge on any atom is -0.324 e. The van der Waals surface area contributed by atoms with E-state index in [9.17, 15) is 17.6 Å². The normalized spacial score (nSPS) is 14.0. The monoisotopic (exact) mass is 241 g/mol. The first-order chi connectivity index (χ1) is 6.79. The molecule has 6 heteroatoms. The standard InChI is InChI=1S/C9H8ClF4N/c10-5-1-2-6(7(11)3-5)8(15)4-9(12,13)14/h1-3,8H,4,15H2/t8-/m0/s1. The van der Waals surface area contributed by atoms with Gasteiger partial charge in [-0.2, -0.15) is 13.2 Å². The zero-order valence-electron chi connectivity index (χ0n) is 7.48. The highest BCUT2D eigenvalue weighted by molar-refractivity contribution is 6.30. The second kappa shape index (κ2) is 4.37. The Labute approximate surface area is 88.8 Å². The third-order valence-corrected chi connectivity index (χ3v) is 2.05. The van der Waals surface area contributed by atoms with Gasteiger partial charge in [-0.3, -0.25) is 0 Å².